The van der Waals surface area contributed by atoms with Crippen LogP contribution in [-0.4, -0.2) is 84.0 Å². The highest BCUT2D eigenvalue weighted by molar-refractivity contribution is 5.82. The van der Waals surface area contributed by atoms with E-state index >= 15 is 0 Å². The zero-order chi connectivity index (χ0) is 29.9. The van der Waals surface area contributed by atoms with Gasteiger partial charge in [0.05, 0.1) is 35.9 Å². The lowest BCUT2D eigenvalue weighted by Gasteiger charge is -2.22. The summed E-state index contributed by atoms with van der Waals surface area (Å²) >= 11 is 0. The molecule has 0 atom stereocenters. The number of alkyl halides is 3. The Morgan fingerprint density at radius 3 is 2.44 bits per heavy atom. The van der Waals surface area contributed by atoms with Crippen LogP contribution in [0.4, 0.5) is 36.2 Å². The van der Waals surface area contributed by atoms with Gasteiger partial charge in [-0.25, -0.2) is 15.0 Å². The van der Waals surface area contributed by atoms with Crippen LogP contribution < -0.4 is 19.7 Å². The molecule has 218 valence electrons. The highest BCUT2D eigenvalue weighted by Crippen LogP contribution is 2.39. The minimum atomic E-state index is -4.52. The fourth-order valence-corrected chi connectivity index (χ4v) is 4.18. The molecule has 0 radical (unpaired) electrons. The topological polar surface area (TPSA) is 124 Å². The number of hydrogen-bond acceptors (Lipinski definition) is 10. The van der Waals surface area contributed by atoms with E-state index in [-0.39, 0.29) is 40.1 Å². The van der Waals surface area contributed by atoms with Crippen LogP contribution in [0.2, 0.25) is 0 Å². The Kier molecular flexibility index (Phi) is 8.47. The van der Waals surface area contributed by atoms with Crippen molar-refractivity contribution in [3.05, 3.63) is 52.7 Å². The number of nitrogens with zero attached hydrogens (tertiary/aromatic N) is 7. The maximum atomic E-state index is 13.5. The van der Waals surface area contributed by atoms with Gasteiger partial charge in [0.25, 0.3) is 5.69 Å². The number of anilines is 3. The number of nitrogens with one attached hydrogen (secondary N) is 1. The van der Waals surface area contributed by atoms with Crippen molar-refractivity contribution in [2.45, 2.75) is 12.7 Å². The molecule has 41 heavy (non-hydrogen) atoms. The van der Waals surface area contributed by atoms with Crippen molar-refractivity contribution in [1.29, 1.82) is 0 Å². The Morgan fingerprint density at radius 1 is 1.05 bits per heavy atom. The highest BCUT2D eigenvalue weighted by atomic mass is 19.4. The van der Waals surface area contributed by atoms with Crippen molar-refractivity contribution < 1.29 is 27.6 Å². The molecule has 0 amide bonds. The number of hydrogen-bond donors (Lipinski definition) is 1. The van der Waals surface area contributed by atoms with Crippen LogP contribution in [0.15, 0.2) is 42.6 Å². The van der Waals surface area contributed by atoms with Crippen molar-refractivity contribution in [2.24, 2.45) is 0 Å². The number of nitro benzene ring substituents is 1. The first kappa shape index (κ1) is 29.3. The average molecular weight is 575 g/mol. The molecule has 0 aliphatic heterocycles. The molecule has 0 bridgehead atoms. The van der Waals surface area contributed by atoms with E-state index in [0.29, 0.717) is 30.0 Å². The first-order chi connectivity index (χ1) is 19.4. The summed E-state index contributed by atoms with van der Waals surface area (Å²) in [5, 5.41) is 14.9. The molecule has 0 unspecified atom stereocenters. The fraction of sp³-hybridized carbons (Fsp3) is 0.346. The minimum Gasteiger partial charge on any atom is -0.497 e. The molecule has 15 heteroatoms. The molecule has 0 spiro atoms. The maximum absolute atomic E-state index is 13.5. The summed E-state index contributed by atoms with van der Waals surface area (Å²) in [6.45, 7) is -0.0943. The number of halogens is 3. The molecule has 0 saturated heterocycles. The molecule has 0 fully saturated rings. The summed E-state index contributed by atoms with van der Waals surface area (Å²) in [7, 11) is 8.41. The number of benzene rings is 2. The lowest BCUT2D eigenvalue weighted by Crippen LogP contribution is -2.28. The van der Waals surface area contributed by atoms with Crippen LogP contribution in [0.1, 0.15) is 0 Å². The van der Waals surface area contributed by atoms with Gasteiger partial charge in [-0.3, -0.25) is 10.1 Å². The summed E-state index contributed by atoms with van der Waals surface area (Å²) in [6.07, 6.45) is -3.17. The van der Waals surface area contributed by atoms with Gasteiger partial charge in [0.2, 0.25) is 5.95 Å². The third-order valence-corrected chi connectivity index (χ3v) is 6.21. The van der Waals surface area contributed by atoms with Crippen molar-refractivity contribution in [1.82, 2.24) is 24.4 Å². The number of fused-ring (bicyclic) bond motifs is 1. The quantitative estimate of drug-likeness (QED) is 0.199. The van der Waals surface area contributed by atoms with Crippen molar-refractivity contribution in [2.75, 3.05) is 58.7 Å². The monoisotopic (exact) mass is 574 g/mol. The zero-order valence-corrected chi connectivity index (χ0v) is 23.1. The van der Waals surface area contributed by atoms with Crippen molar-refractivity contribution in [3.63, 3.8) is 0 Å². The molecule has 1 N–H and O–H groups in total. The summed E-state index contributed by atoms with van der Waals surface area (Å²) in [5.74, 6) is 0.668. The lowest BCUT2D eigenvalue weighted by molar-refractivity contribution is -0.384. The van der Waals surface area contributed by atoms with E-state index < -0.39 is 17.6 Å². The third-order valence-electron chi connectivity index (χ3n) is 6.21. The van der Waals surface area contributed by atoms with Crippen LogP contribution in [-0.2, 0) is 6.54 Å². The van der Waals surface area contributed by atoms with E-state index in [9.17, 15) is 23.3 Å². The molecular formula is C26H29F3N8O4. The van der Waals surface area contributed by atoms with Crippen LogP contribution in [0.5, 0.6) is 11.5 Å². The molecule has 0 aliphatic carbocycles. The smallest absolute Gasteiger partial charge is 0.406 e. The largest absolute Gasteiger partial charge is 0.497 e. The summed E-state index contributed by atoms with van der Waals surface area (Å²) < 4.78 is 52.3. The molecule has 2 aromatic carbocycles. The first-order valence-corrected chi connectivity index (χ1v) is 12.3. The zero-order valence-electron chi connectivity index (χ0n) is 23.1. The summed E-state index contributed by atoms with van der Waals surface area (Å²) in [5.41, 5.74) is 1.03. The Bertz CT molecular complexity index is 1560. The minimum absolute atomic E-state index is 0.0213. The number of rotatable bonds is 11. The van der Waals surface area contributed by atoms with Gasteiger partial charge in [0.1, 0.15) is 29.4 Å². The molecule has 0 aliphatic rings. The Labute approximate surface area is 233 Å². The molecule has 4 aromatic rings. The standard InChI is InChI=1S/C26H29F3N8O4/c1-34(2)10-11-35(3)21-14-23(41-5)19(13-22(21)37(38)39)33-25-30-9-8-17(32-25)24-31-18-12-16(40-4)6-7-20(18)36(24)15-26(27,28)29/h6-9,12-14H,10-11,15H2,1-5H3,(H,30,32,33). The third kappa shape index (κ3) is 6.74. The van der Waals surface area contributed by atoms with E-state index in [1.54, 1.807) is 18.0 Å². The molecular weight excluding hydrogens is 545 g/mol. The lowest BCUT2D eigenvalue weighted by atomic mass is 10.2. The predicted octanol–water partition coefficient (Wildman–Crippen LogP) is 4.72. The van der Waals surface area contributed by atoms with Gasteiger partial charge in [-0.05, 0) is 32.3 Å². The Morgan fingerprint density at radius 2 is 1.80 bits per heavy atom. The van der Waals surface area contributed by atoms with Crippen LogP contribution >= 0.6 is 0 Å². The van der Waals surface area contributed by atoms with Crippen LogP contribution in [0.25, 0.3) is 22.6 Å². The van der Waals surface area contributed by atoms with Crippen molar-refractivity contribution >= 4 is 34.0 Å². The van der Waals surface area contributed by atoms with Gasteiger partial charge in [-0.2, -0.15) is 13.2 Å². The number of methoxy groups -OCH3 is 2. The predicted molar refractivity (Wildman–Crippen MR) is 148 cm³/mol. The van der Waals surface area contributed by atoms with E-state index in [2.05, 4.69) is 20.3 Å². The maximum Gasteiger partial charge on any atom is 0.406 e. The van der Waals surface area contributed by atoms with E-state index in [1.807, 2.05) is 19.0 Å². The SMILES string of the molecule is COc1ccc2c(c1)nc(-c1ccnc(Nc3cc([N+](=O)[O-])c(N(C)CCN(C)C)cc3OC)n1)n2CC(F)(F)F. The fourth-order valence-electron chi connectivity index (χ4n) is 4.18. The number of imidazole rings is 1. The number of aromatic nitrogens is 4. The molecule has 12 nitrogen and oxygen atoms in total. The molecule has 0 saturated carbocycles. The van der Waals surface area contributed by atoms with Gasteiger partial charge in [-0.15, -0.1) is 0 Å². The van der Waals surface area contributed by atoms with Crippen LogP contribution in [0.3, 0.4) is 0 Å². The Balaban J connectivity index is 1.74. The number of ether oxygens (including phenoxy) is 2. The highest BCUT2D eigenvalue weighted by Gasteiger charge is 2.31. The second-order valence-electron chi connectivity index (χ2n) is 9.41. The van der Waals surface area contributed by atoms with Gasteiger partial charge >= 0.3 is 6.18 Å². The number of likely N-dealkylation sites (N-methyl/N-ethyl adjacent to an activating group) is 2. The number of nitro groups is 1. The van der Waals surface area contributed by atoms with E-state index in [1.165, 1.54) is 50.7 Å². The van der Waals surface area contributed by atoms with Gasteiger partial charge < -0.3 is 29.2 Å². The van der Waals surface area contributed by atoms with Crippen molar-refractivity contribution in [3.8, 4) is 23.0 Å². The van der Waals surface area contributed by atoms with E-state index in [0.717, 1.165) is 4.57 Å². The summed E-state index contributed by atoms with van der Waals surface area (Å²) in [4.78, 5) is 28.1. The second-order valence-corrected chi connectivity index (χ2v) is 9.41. The molecule has 2 aromatic heterocycles. The first-order valence-electron chi connectivity index (χ1n) is 12.3. The second kappa shape index (κ2) is 11.8. The van der Waals surface area contributed by atoms with Gasteiger partial charge in [0, 0.05) is 44.5 Å². The van der Waals surface area contributed by atoms with Gasteiger partial charge in [0.15, 0.2) is 5.82 Å². The molecule has 4 rings (SSSR count). The molecule has 2 heterocycles. The van der Waals surface area contributed by atoms with Crippen LogP contribution in [0, 0.1) is 10.1 Å². The normalized spacial score (nSPS) is 11.6. The van der Waals surface area contributed by atoms with Gasteiger partial charge in [-0.1, -0.05) is 0 Å². The van der Waals surface area contributed by atoms with E-state index in [4.69, 9.17) is 9.47 Å². The Hall–Kier alpha value is -4.66. The summed E-state index contributed by atoms with van der Waals surface area (Å²) in [6, 6.07) is 8.86. The average Bonchev–Trinajstić information content (AvgIpc) is 3.27.